The van der Waals surface area contributed by atoms with Crippen molar-refractivity contribution in [3.8, 4) is 5.75 Å². The molecule has 0 saturated heterocycles. The number of anilines is 1. The van der Waals surface area contributed by atoms with Crippen LogP contribution in [0.2, 0.25) is 5.02 Å². The largest absolute Gasteiger partial charge is 0.495 e. The molecule has 2 aromatic rings. The summed E-state index contributed by atoms with van der Waals surface area (Å²) in [6.07, 6.45) is 0.882. The van der Waals surface area contributed by atoms with Crippen molar-refractivity contribution in [1.82, 2.24) is 5.32 Å². The van der Waals surface area contributed by atoms with Gasteiger partial charge in [0.25, 0.3) is 5.91 Å². The van der Waals surface area contributed by atoms with Gasteiger partial charge in [0.1, 0.15) is 5.75 Å². The third-order valence-corrected chi connectivity index (χ3v) is 4.33. The van der Waals surface area contributed by atoms with Gasteiger partial charge in [0.2, 0.25) is 0 Å². The van der Waals surface area contributed by atoms with Gasteiger partial charge in [-0.3, -0.25) is 4.79 Å². The smallest absolute Gasteiger partial charge is 0.251 e. The fraction of sp³-hybridized carbons (Fsp3) is 0.300. The maximum absolute atomic E-state index is 12.2. The number of ether oxygens (including phenoxy) is 1. The highest BCUT2D eigenvalue weighted by atomic mass is 35.5. The van der Waals surface area contributed by atoms with Gasteiger partial charge >= 0.3 is 0 Å². The van der Waals surface area contributed by atoms with Crippen molar-refractivity contribution in [2.24, 2.45) is 10.7 Å². The summed E-state index contributed by atoms with van der Waals surface area (Å²) in [5.74, 6) is 0.755. The molecule has 1 unspecified atom stereocenters. The third kappa shape index (κ3) is 6.18. The number of nitrogens with zero attached hydrogens (tertiary/aromatic N) is 1. The molecule has 0 aliphatic rings. The maximum atomic E-state index is 12.2. The molecule has 2 rings (SSSR count). The lowest BCUT2D eigenvalue weighted by molar-refractivity contribution is 0.0939. The summed E-state index contributed by atoms with van der Waals surface area (Å²) in [4.78, 5) is 16.5. The first-order valence-corrected chi connectivity index (χ1v) is 9.11. The minimum Gasteiger partial charge on any atom is -0.495 e. The number of rotatable bonds is 7. The monoisotopic (exact) mass is 388 g/mol. The van der Waals surface area contributed by atoms with Gasteiger partial charge in [-0.15, -0.1) is 0 Å². The van der Waals surface area contributed by atoms with Crippen LogP contribution in [0.5, 0.6) is 5.75 Å². The van der Waals surface area contributed by atoms with E-state index in [2.05, 4.69) is 15.6 Å². The second-order valence-electron chi connectivity index (χ2n) is 6.16. The Bertz CT molecular complexity index is 823. The van der Waals surface area contributed by atoms with Crippen LogP contribution in [0.1, 0.15) is 36.2 Å². The predicted molar refractivity (Wildman–Crippen MR) is 111 cm³/mol. The highest BCUT2D eigenvalue weighted by molar-refractivity contribution is 6.32. The van der Waals surface area contributed by atoms with Crippen LogP contribution in [0.25, 0.3) is 0 Å². The van der Waals surface area contributed by atoms with Crippen molar-refractivity contribution in [2.45, 2.75) is 32.9 Å². The van der Waals surface area contributed by atoms with E-state index >= 15 is 0 Å². The molecule has 1 amide bonds. The minimum absolute atomic E-state index is 0.0887. The molecule has 4 N–H and O–H groups in total. The first kappa shape index (κ1) is 20.6. The molecule has 0 aromatic heterocycles. The Kier molecular flexibility index (Phi) is 7.49. The molecular formula is C20H25ClN4O2. The average molecular weight is 389 g/mol. The van der Waals surface area contributed by atoms with E-state index in [0.29, 0.717) is 28.6 Å². The number of nitrogens with two attached hydrogens (primary N) is 1. The molecule has 0 aliphatic heterocycles. The molecule has 144 valence electrons. The average Bonchev–Trinajstić information content (AvgIpc) is 2.66. The van der Waals surface area contributed by atoms with Crippen LogP contribution in [0.15, 0.2) is 47.5 Å². The molecule has 0 spiro atoms. The van der Waals surface area contributed by atoms with E-state index in [-0.39, 0.29) is 17.9 Å². The SMILES string of the molecule is CCC(C)NC(=O)c1cccc(CN=C(N)Nc2ccc(OC)c(Cl)c2)c1. The van der Waals surface area contributed by atoms with Crippen molar-refractivity contribution < 1.29 is 9.53 Å². The molecule has 0 aliphatic carbocycles. The van der Waals surface area contributed by atoms with Gasteiger partial charge in [0.15, 0.2) is 5.96 Å². The number of benzene rings is 2. The summed E-state index contributed by atoms with van der Waals surface area (Å²) in [6, 6.07) is 12.7. The molecule has 2 aromatic carbocycles. The Morgan fingerprint density at radius 3 is 2.74 bits per heavy atom. The van der Waals surface area contributed by atoms with E-state index in [4.69, 9.17) is 22.1 Å². The Hall–Kier alpha value is -2.73. The van der Waals surface area contributed by atoms with E-state index < -0.39 is 0 Å². The lowest BCUT2D eigenvalue weighted by Crippen LogP contribution is -2.31. The summed E-state index contributed by atoms with van der Waals surface area (Å²) >= 11 is 6.10. The number of carbonyl (C=O) groups is 1. The van der Waals surface area contributed by atoms with Crippen molar-refractivity contribution in [3.63, 3.8) is 0 Å². The van der Waals surface area contributed by atoms with Crippen molar-refractivity contribution in [1.29, 1.82) is 0 Å². The van der Waals surface area contributed by atoms with Gasteiger partial charge in [0.05, 0.1) is 18.7 Å². The van der Waals surface area contributed by atoms with E-state index in [9.17, 15) is 4.79 Å². The topological polar surface area (TPSA) is 88.7 Å². The molecule has 0 bridgehead atoms. The highest BCUT2D eigenvalue weighted by Crippen LogP contribution is 2.27. The number of carbonyl (C=O) groups excluding carboxylic acids is 1. The fourth-order valence-corrected chi connectivity index (χ4v) is 2.59. The summed E-state index contributed by atoms with van der Waals surface area (Å²) in [6.45, 7) is 4.36. The van der Waals surface area contributed by atoms with Gasteiger partial charge in [-0.2, -0.15) is 0 Å². The molecule has 27 heavy (non-hydrogen) atoms. The standard InChI is InChI=1S/C20H25ClN4O2/c1-4-13(2)24-19(26)15-7-5-6-14(10-15)12-23-20(22)25-16-8-9-18(27-3)17(21)11-16/h5-11,13H,4,12H2,1-3H3,(H,24,26)(H3,22,23,25). The number of hydrogen-bond donors (Lipinski definition) is 3. The number of amides is 1. The number of guanidine groups is 1. The van der Waals surface area contributed by atoms with E-state index in [1.807, 2.05) is 32.0 Å². The number of hydrogen-bond acceptors (Lipinski definition) is 3. The summed E-state index contributed by atoms with van der Waals surface area (Å²) in [5, 5.41) is 6.42. The van der Waals surface area contributed by atoms with Gasteiger partial charge in [-0.05, 0) is 49.2 Å². The summed E-state index contributed by atoms with van der Waals surface area (Å²) in [5.41, 5.74) is 8.15. The molecule has 0 radical (unpaired) electrons. The zero-order valence-corrected chi connectivity index (χ0v) is 16.5. The zero-order chi connectivity index (χ0) is 19.8. The quantitative estimate of drug-likeness (QED) is 0.497. The molecular weight excluding hydrogens is 364 g/mol. The number of aliphatic imine (C=N–C) groups is 1. The van der Waals surface area contributed by atoms with Gasteiger partial charge in [-0.25, -0.2) is 4.99 Å². The second kappa shape index (κ2) is 9.83. The van der Waals surface area contributed by atoms with Gasteiger partial charge in [-0.1, -0.05) is 30.7 Å². The summed E-state index contributed by atoms with van der Waals surface area (Å²) < 4.78 is 5.12. The van der Waals surface area contributed by atoms with E-state index in [1.54, 1.807) is 31.4 Å². The number of methoxy groups -OCH3 is 1. The normalized spacial score (nSPS) is 12.4. The van der Waals surface area contributed by atoms with Crippen molar-refractivity contribution in [3.05, 3.63) is 58.6 Å². The Morgan fingerprint density at radius 1 is 1.30 bits per heavy atom. The van der Waals surface area contributed by atoms with Gasteiger partial charge < -0.3 is 21.1 Å². The fourth-order valence-electron chi connectivity index (χ4n) is 2.33. The zero-order valence-electron chi connectivity index (χ0n) is 15.8. The van der Waals surface area contributed by atoms with Crippen LogP contribution in [-0.2, 0) is 6.54 Å². The maximum Gasteiger partial charge on any atom is 0.251 e. The van der Waals surface area contributed by atoms with Crippen LogP contribution in [0, 0.1) is 0 Å². The third-order valence-electron chi connectivity index (χ3n) is 4.04. The lowest BCUT2D eigenvalue weighted by Gasteiger charge is -2.12. The molecule has 0 fully saturated rings. The van der Waals surface area contributed by atoms with E-state index in [0.717, 1.165) is 12.0 Å². The number of halogens is 1. The Labute approximate surface area is 164 Å². The first-order valence-electron chi connectivity index (χ1n) is 8.73. The van der Waals surface area contributed by atoms with Crippen LogP contribution < -0.4 is 21.1 Å². The van der Waals surface area contributed by atoms with Crippen LogP contribution in [0.4, 0.5) is 5.69 Å². The Balaban J connectivity index is 2.01. The lowest BCUT2D eigenvalue weighted by atomic mass is 10.1. The molecule has 0 heterocycles. The molecule has 6 nitrogen and oxygen atoms in total. The van der Waals surface area contributed by atoms with Gasteiger partial charge in [0, 0.05) is 17.3 Å². The molecule has 7 heteroatoms. The Morgan fingerprint density at radius 2 is 2.07 bits per heavy atom. The van der Waals surface area contributed by atoms with Crippen molar-refractivity contribution >= 4 is 29.2 Å². The first-order chi connectivity index (χ1) is 12.9. The number of nitrogens with one attached hydrogen (secondary N) is 2. The van der Waals surface area contributed by atoms with Crippen molar-refractivity contribution in [2.75, 3.05) is 12.4 Å². The van der Waals surface area contributed by atoms with E-state index in [1.165, 1.54) is 0 Å². The van der Waals surface area contributed by atoms with Crippen LogP contribution >= 0.6 is 11.6 Å². The molecule has 1 atom stereocenters. The highest BCUT2D eigenvalue weighted by Gasteiger charge is 2.09. The minimum atomic E-state index is -0.0887. The van der Waals surface area contributed by atoms with Crippen LogP contribution in [-0.4, -0.2) is 25.0 Å². The second-order valence-corrected chi connectivity index (χ2v) is 6.57. The van der Waals surface area contributed by atoms with Crippen LogP contribution in [0.3, 0.4) is 0 Å². The summed E-state index contributed by atoms with van der Waals surface area (Å²) in [7, 11) is 1.56. The molecule has 0 saturated carbocycles. The predicted octanol–water partition coefficient (Wildman–Crippen LogP) is 3.80.